The van der Waals surface area contributed by atoms with E-state index in [0.29, 0.717) is 23.7 Å². The first-order valence-corrected chi connectivity index (χ1v) is 6.42. The molecule has 0 bridgehead atoms. The SMILES string of the molecule is C=CCOc1ccc(C(=O)NN=Cc2ccc(C)o2)cc1. The summed E-state index contributed by atoms with van der Waals surface area (Å²) in [6, 6.07) is 10.4. The van der Waals surface area contributed by atoms with E-state index in [1.165, 1.54) is 6.21 Å². The van der Waals surface area contributed by atoms with Gasteiger partial charge in [0.15, 0.2) is 0 Å². The molecule has 1 N–H and O–H groups in total. The second-order valence-corrected chi connectivity index (χ2v) is 4.27. The van der Waals surface area contributed by atoms with Crippen LogP contribution in [-0.2, 0) is 0 Å². The number of hydrazone groups is 1. The normalized spacial score (nSPS) is 10.5. The molecule has 108 valence electrons. The van der Waals surface area contributed by atoms with E-state index in [4.69, 9.17) is 9.15 Å². The molecule has 0 aliphatic heterocycles. The summed E-state index contributed by atoms with van der Waals surface area (Å²) in [6.07, 6.45) is 3.11. The summed E-state index contributed by atoms with van der Waals surface area (Å²) in [4.78, 5) is 11.9. The average molecular weight is 284 g/mol. The molecule has 0 aliphatic carbocycles. The number of nitrogens with zero attached hydrogens (tertiary/aromatic N) is 1. The molecule has 0 aliphatic rings. The fourth-order valence-electron chi connectivity index (χ4n) is 1.60. The number of hydrogen-bond acceptors (Lipinski definition) is 4. The van der Waals surface area contributed by atoms with Crippen molar-refractivity contribution in [1.29, 1.82) is 0 Å². The number of amides is 1. The van der Waals surface area contributed by atoms with Crippen LogP contribution >= 0.6 is 0 Å². The largest absolute Gasteiger partial charge is 0.490 e. The van der Waals surface area contributed by atoms with Crippen LogP contribution in [0.2, 0.25) is 0 Å². The Hall–Kier alpha value is -2.82. The highest BCUT2D eigenvalue weighted by Gasteiger charge is 2.04. The Morgan fingerprint density at radius 2 is 2.10 bits per heavy atom. The Labute approximate surface area is 122 Å². The quantitative estimate of drug-likeness (QED) is 0.504. The van der Waals surface area contributed by atoms with Gasteiger partial charge in [-0.25, -0.2) is 5.43 Å². The highest BCUT2D eigenvalue weighted by atomic mass is 16.5. The second-order valence-electron chi connectivity index (χ2n) is 4.27. The van der Waals surface area contributed by atoms with Crippen molar-refractivity contribution >= 4 is 12.1 Å². The predicted octanol–water partition coefficient (Wildman–Crippen LogP) is 2.92. The van der Waals surface area contributed by atoms with Crippen molar-refractivity contribution in [2.45, 2.75) is 6.92 Å². The van der Waals surface area contributed by atoms with E-state index in [-0.39, 0.29) is 5.91 Å². The minimum atomic E-state index is -0.301. The lowest BCUT2D eigenvalue weighted by molar-refractivity contribution is 0.0955. The zero-order valence-electron chi connectivity index (χ0n) is 11.7. The number of nitrogens with one attached hydrogen (secondary N) is 1. The van der Waals surface area contributed by atoms with Crippen LogP contribution in [0.4, 0.5) is 0 Å². The molecule has 1 amide bonds. The second kappa shape index (κ2) is 7.09. The number of carbonyl (C=O) groups excluding carboxylic acids is 1. The van der Waals surface area contributed by atoms with Crippen molar-refractivity contribution in [3.63, 3.8) is 0 Å². The van der Waals surface area contributed by atoms with E-state index in [1.54, 1.807) is 36.4 Å². The fourth-order valence-corrected chi connectivity index (χ4v) is 1.60. The Balaban J connectivity index is 1.90. The standard InChI is InChI=1S/C16H16N2O3/c1-3-10-20-14-8-5-13(6-9-14)16(19)18-17-11-15-7-4-12(2)21-15/h3-9,11H,1,10H2,2H3,(H,18,19). The maximum atomic E-state index is 11.9. The van der Waals surface area contributed by atoms with E-state index in [0.717, 1.165) is 5.76 Å². The van der Waals surface area contributed by atoms with Gasteiger partial charge < -0.3 is 9.15 Å². The molecule has 0 atom stereocenters. The molecule has 0 spiro atoms. The van der Waals surface area contributed by atoms with Crippen molar-refractivity contribution in [1.82, 2.24) is 5.43 Å². The zero-order valence-corrected chi connectivity index (χ0v) is 11.7. The van der Waals surface area contributed by atoms with E-state index >= 15 is 0 Å². The summed E-state index contributed by atoms with van der Waals surface area (Å²) >= 11 is 0. The molecule has 5 heteroatoms. The Bertz CT molecular complexity index is 642. The van der Waals surface area contributed by atoms with Gasteiger partial charge in [0, 0.05) is 5.56 Å². The van der Waals surface area contributed by atoms with E-state index in [2.05, 4.69) is 17.1 Å². The van der Waals surface area contributed by atoms with Gasteiger partial charge in [-0.05, 0) is 43.3 Å². The van der Waals surface area contributed by atoms with Crippen molar-refractivity contribution in [3.8, 4) is 5.75 Å². The summed E-state index contributed by atoms with van der Waals surface area (Å²) in [7, 11) is 0. The molecule has 2 aromatic rings. The van der Waals surface area contributed by atoms with Crippen LogP contribution in [0, 0.1) is 6.92 Å². The fraction of sp³-hybridized carbons (Fsp3) is 0.125. The van der Waals surface area contributed by atoms with Crippen LogP contribution in [-0.4, -0.2) is 18.7 Å². The van der Waals surface area contributed by atoms with Gasteiger partial charge in [0.25, 0.3) is 5.91 Å². The monoisotopic (exact) mass is 284 g/mol. The van der Waals surface area contributed by atoms with Gasteiger partial charge >= 0.3 is 0 Å². The first-order chi connectivity index (χ1) is 10.2. The number of hydrogen-bond donors (Lipinski definition) is 1. The van der Waals surface area contributed by atoms with Gasteiger partial charge in [-0.1, -0.05) is 12.7 Å². The molecule has 0 saturated carbocycles. The maximum Gasteiger partial charge on any atom is 0.271 e. The molecule has 5 nitrogen and oxygen atoms in total. The third-order valence-corrected chi connectivity index (χ3v) is 2.60. The first-order valence-electron chi connectivity index (χ1n) is 6.42. The topological polar surface area (TPSA) is 63.8 Å². The number of rotatable bonds is 6. The minimum absolute atomic E-state index is 0.301. The van der Waals surface area contributed by atoms with Crippen molar-refractivity contribution in [2.75, 3.05) is 6.61 Å². The Kier molecular flexibility index (Phi) is 4.93. The highest BCUT2D eigenvalue weighted by molar-refractivity contribution is 5.94. The van der Waals surface area contributed by atoms with Crippen LogP contribution in [0.3, 0.4) is 0 Å². The first kappa shape index (κ1) is 14.6. The minimum Gasteiger partial charge on any atom is -0.490 e. The van der Waals surface area contributed by atoms with Crippen LogP contribution in [0.15, 0.2) is 58.6 Å². The molecule has 2 rings (SSSR count). The predicted molar refractivity (Wildman–Crippen MR) is 80.6 cm³/mol. The van der Waals surface area contributed by atoms with Gasteiger partial charge in [0.2, 0.25) is 0 Å². The van der Waals surface area contributed by atoms with Gasteiger partial charge in [0.1, 0.15) is 23.9 Å². The van der Waals surface area contributed by atoms with Crippen molar-refractivity contribution in [3.05, 3.63) is 66.1 Å². The molecule has 0 radical (unpaired) electrons. The molecule has 0 unspecified atom stereocenters. The number of aryl methyl sites for hydroxylation is 1. The third-order valence-electron chi connectivity index (χ3n) is 2.60. The number of furan rings is 1. The summed E-state index contributed by atoms with van der Waals surface area (Å²) in [6.45, 7) is 5.84. The average Bonchev–Trinajstić information content (AvgIpc) is 2.91. The van der Waals surface area contributed by atoms with Crippen LogP contribution in [0.5, 0.6) is 5.75 Å². The Morgan fingerprint density at radius 1 is 1.33 bits per heavy atom. The van der Waals surface area contributed by atoms with Gasteiger partial charge in [-0.15, -0.1) is 0 Å². The van der Waals surface area contributed by atoms with Crippen LogP contribution in [0.1, 0.15) is 21.9 Å². The summed E-state index contributed by atoms with van der Waals surface area (Å²) in [5.41, 5.74) is 2.93. The van der Waals surface area contributed by atoms with E-state index in [1.807, 2.05) is 13.0 Å². The van der Waals surface area contributed by atoms with Crippen molar-refractivity contribution in [2.24, 2.45) is 5.10 Å². The van der Waals surface area contributed by atoms with E-state index < -0.39 is 0 Å². The zero-order chi connectivity index (χ0) is 15.1. The molecule has 1 heterocycles. The summed E-state index contributed by atoms with van der Waals surface area (Å²) in [5.74, 6) is 1.75. The molecular formula is C16H16N2O3. The third kappa shape index (κ3) is 4.35. The number of carbonyl (C=O) groups is 1. The lowest BCUT2D eigenvalue weighted by Gasteiger charge is -2.04. The van der Waals surface area contributed by atoms with E-state index in [9.17, 15) is 4.79 Å². The molecular weight excluding hydrogens is 268 g/mol. The number of ether oxygens (including phenoxy) is 1. The summed E-state index contributed by atoms with van der Waals surface area (Å²) < 4.78 is 10.6. The molecule has 0 saturated heterocycles. The Morgan fingerprint density at radius 3 is 2.71 bits per heavy atom. The van der Waals surface area contributed by atoms with Gasteiger partial charge in [-0.3, -0.25) is 4.79 Å². The maximum absolute atomic E-state index is 11.9. The lowest BCUT2D eigenvalue weighted by atomic mass is 10.2. The van der Waals surface area contributed by atoms with Crippen LogP contribution < -0.4 is 10.2 Å². The highest BCUT2D eigenvalue weighted by Crippen LogP contribution is 2.12. The van der Waals surface area contributed by atoms with Crippen LogP contribution in [0.25, 0.3) is 0 Å². The molecule has 1 aromatic carbocycles. The molecule has 1 aromatic heterocycles. The smallest absolute Gasteiger partial charge is 0.271 e. The van der Waals surface area contributed by atoms with Crippen molar-refractivity contribution < 1.29 is 13.9 Å². The molecule has 21 heavy (non-hydrogen) atoms. The molecule has 0 fully saturated rings. The van der Waals surface area contributed by atoms with Gasteiger partial charge in [0.05, 0.1) is 6.21 Å². The van der Waals surface area contributed by atoms with Gasteiger partial charge in [-0.2, -0.15) is 5.10 Å². The summed E-state index contributed by atoms with van der Waals surface area (Å²) in [5, 5.41) is 3.84. The number of benzene rings is 1. The lowest BCUT2D eigenvalue weighted by Crippen LogP contribution is -2.17.